The van der Waals surface area contributed by atoms with Crippen molar-refractivity contribution in [1.82, 2.24) is 0 Å². The van der Waals surface area contributed by atoms with Crippen LogP contribution in [0.2, 0.25) is 0 Å². The lowest BCUT2D eigenvalue weighted by molar-refractivity contribution is 0.182. The van der Waals surface area contributed by atoms with E-state index >= 15 is 0 Å². The first kappa shape index (κ1) is 10.8. The average molecular weight is 182 g/mol. The zero-order chi connectivity index (χ0) is 9.90. The summed E-state index contributed by atoms with van der Waals surface area (Å²) in [6.07, 6.45) is 6.98. The van der Waals surface area contributed by atoms with E-state index in [1.807, 2.05) is 0 Å². The van der Waals surface area contributed by atoms with Gasteiger partial charge in [-0.05, 0) is 43.9 Å². The van der Waals surface area contributed by atoms with Crippen LogP contribution in [0.1, 0.15) is 46.5 Å². The minimum atomic E-state index is 0.329. The highest BCUT2D eigenvalue weighted by Crippen LogP contribution is 2.44. The predicted octanol–water partition coefficient (Wildman–Crippen LogP) is 3.14. The highest BCUT2D eigenvalue weighted by Gasteiger charge is 2.33. The van der Waals surface area contributed by atoms with Crippen LogP contribution in [-0.2, 0) is 0 Å². The molecule has 1 rings (SSSR count). The summed E-state index contributed by atoms with van der Waals surface area (Å²) in [7, 11) is 0. The molecule has 1 heteroatoms. The molecule has 0 aromatic rings. The van der Waals surface area contributed by atoms with Crippen molar-refractivity contribution in [1.29, 1.82) is 0 Å². The Morgan fingerprint density at radius 1 is 1.62 bits per heavy atom. The van der Waals surface area contributed by atoms with Gasteiger partial charge < -0.3 is 5.11 Å². The average Bonchev–Trinajstić information content (AvgIpc) is 2.11. The Kier molecular flexibility index (Phi) is 3.55. The highest BCUT2D eigenvalue weighted by molar-refractivity contribution is 5.15. The second kappa shape index (κ2) is 4.28. The number of allylic oxidation sites excluding steroid dienone is 2. The van der Waals surface area contributed by atoms with Crippen LogP contribution >= 0.6 is 0 Å². The van der Waals surface area contributed by atoms with Crippen LogP contribution in [0.25, 0.3) is 0 Å². The normalized spacial score (nSPS) is 34.5. The predicted molar refractivity (Wildman–Crippen MR) is 56.6 cm³/mol. The molecule has 0 aromatic carbocycles. The maximum atomic E-state index is 8.86. The standard InChI is InChI=1S/C12H22O/c1-10-6-4-7-11(2)12(10,3)8-5-9-13/h6,11,13H,4-5,7-9H2,1-3H3/t11-,12-/m1/s1. The van der Waals surface area contributed by atoms with E-state index in [9.17, 15) is 0 Å². The fourth-order valence-electron chi connectivity index (χ4n) is 2.38. The van der Waals surface area contributed by atoms with Gasteiger partial charge in [-0.25, -0.2) is 0 Å². The minimum Gasteiger partial charge on any atom is -0.396 e. The van der Waals surface area contributed by atoms with E-state index in [4.69, 9.17) is 5.11 Å². The Labute approximate surface area is 81.9 Å². The first-order valence-electron chi connectivity index (χ1n) is 5.39. The van der Waals surface area contributed by atoms with Crippen molar-refractivity contribution in [3.8, 4) is 0 Å². The van der Waals surface area contributed by atoms with Crippen molar-refractivity contribution < 1.29 is 5.11 Å². The zero-order valence-corrected chi connectivity index (χ0v) is 9.14. The summed E-state index contributed by atoms with van der Waals surface area (Å²) in [5.41, 5.74) is 1.88. The molecular formula is C12H22O. The van der Waals surface area contributed by atoms with E-state index in [0.717, 1.165) is 18.8 Å². The van der Waals surface area contributed by atoms with Gasteiger partial charge in [-0.3, -0.25) is 0 Å². The van der Waals surface area contributed by atoms with E-state index in [-0.39, 0.29) is 0 Å². The third kappa shape index (κ3) is 2.14. The lowest BCUT2D eigenvalue weighted by Gasteiger charge is -2.40. The molecule has 76 valence electrons. The minimum absolute atomic E-state index is 0.329. The summed E-state index contributed by atoms with van der Waals surface area (Å²) >= 11 is 0. The van der Waals surface area contributed by atoms with Gasteiger partial charge in [-0.2, -0.15) is 0 Å². The number of aliphatic hydroxyl groups excluding tert-OH is 1. The lowest BCUT2D eigenvalue weighted by atomic mass is 9.65. The summed E-state index contributed by atoms with van der Waals surface area (Å²) < 4.78 is 0. The van der Waals surface area contributed by atoms with Crippen molar-refractivity contribution in [3.05, 3.63) is 11.6 Å². The van der Waals surface area contributed by atoms with Crippen LogP contribution < -0.4 is 0 Å². The lowest BCUT2D eigenvalue weighted by Crippen LogP contribution is -2.29. The molecule has 0 amide bonds. The monoisotopic (exact) mass is 182 g/mol. The largest absolute Gasteiger partial charge is 0.396 e. The summed E-state index contributed by atoms with van der Waals surface area (Å²) in [5, 5.41) is 8.86. The van der Waals surface area contributed by atoms with Crippen LogP contribution in [-0.4, -0.2) is 11.7 Å². The molecule has 0 unspecified atom stereocenters. The van der Waals surface area contributed by atoms with Crippen molar-refractivity contribution >= 4 is 0 Å². The number of aliphatic hydroxyl groups is 1. The summed E-state index contributed by atoms with van der Waals surface area (Å²) in [5.74, 6) is 0.768. The van der Waals surface area contributed by atoms with Crippen LogP contribution in [0.3, 0.4) is 0 Å². The molecule has 1 aliphatic rings. The van der Waals surface area contributed by atoms with Gasteiger partial charge in [0.25, 0.3) is 0 Å². The quantitative estimate of drug-likeness (QED) is 0.665. The second-order valence-electron chi connectivity index (χ2n) is 4.61. The molecule has 1 nitrogen and oxygen atoms in total. The van der Waals surface area contributed by atoms with Crippen LogP contribution in [0, 0.1) is 11.3 Å². The van der Waals surface area contributed by atoms with Crippen molar-refractivity contribution in [2.45, 2.75) is 46.5 Å². The number of rotatable bonds is 3. The van der Waals surface area contributed by atoms with Gasteiger partial charge in [0.1, 0.15) is 0 Å². The van der Waals surface area contributed by atoms with E-state index in [0.29, 0.717) is 12.0 Å². The third-order valence-electron chi connectivity index (χ3n) is 3.89. The highest BCUT2D eigenvalue weighted by atomic mass is 16.2. The summed E-state index contributed by atoms with van der Waals surface area (Å²) in [4.78, 5) is 0. The Balaban J connectivity index is 2.70. The van der Waals surface area contributed by atoms with Crippen molar-refractivity contribution in [2.24, 2.45) is 11.3 Å². The molecule has 0 aliphatic heterocycles. The second-order valence-corrected chi connectivity index (χ2v) is 4.61. The Morgan fingerprint density at radius 2 is 2.31 bits per heavy atom. The van der Waals surface area contributed by atoms with E-state index in [1.165, 1.54) is 18.4 Å². The van der Waals surface area contributed by atoms with Crippen LogP contribution in [0.15, 0.2) is 11.6 Å². The topological polar surface area (TPSA) is 20.2 Å². The Morgan fingerprint density at radius 3 is 2.85 bits per heavy atom. The molecule has 0 heterocycles. The van der Waals surface area contributed by atoms with Gasteiger partial charge in [0.05, 0.1) is 0 Å². The van der Waals surface area contributed by atoms with Crippen molar-refractivity contribution in [3.63, 3.8) is 0 Å². The van der Waals surface area contributed by atoms with Gasteiger partial charge in [-0.1, -0.05) is 25.5 Å². The maximum absolute atomic E-state index is 8.86. The van der Waals surface area contributed by atoms with Gasteiger partial charge in [0.15, 0.2) is 0 Å². The molecule has 0 bridgehead atoms. The van der Waals surface area contributed by atoms with Crippen LogP contribution in [0.4, 0.5) is 0 Å². The number of hydrogen-bond acceptors (Lipinski definition) is 1. The van der Waals surface area contributed by atoms with Gasteiger partial charge >= 0.3 is 0 Å². The molecule has 2 atom stereocenters. The summed E-state index contributed by atoms with van der Waals surface area (Å²) in [6.45, 7) is 7.26. The van der Waals surface area contributed by atoms with Gasteiger partial charge in [0.2, 0.25) is 0 Å². The molecule has 0 saturated heterocycles. The van der Waals surface area contributed by atoms with E-state index in [1.54, 1.807) is 0 Å². The SMILES string of the molecule is CC1=CCC[C@@H](C)[C@]1(C)CCCO. The molecule has 0 aromatic heterocycles. The molecule has 0 radical (unpaired) electrons. The smallest absolute Gasteiger partial charge is 0.0431 e. The summed E-state index contributed by atoms with van der Waals surface area (Å²) in [6, 6.07) is 0. The van der Waals surface area contributed by atoms with E-state index < -0.39 is 0 Å². The fourth-order valence-corrected chi connectivity index (χ4v) is 2.38. The molecule has 0 fully saturated rings. The fraction of sp³-hybridized carbons (Fsp3) is 0.833. The first-order chi connectivity index (χ1) is 6.11. The number of hydrogen-bond donors (Lipinski definition) is 1. The molecule has 1 N–H and O–H groups in total. The van der Waals surface area contributed by atoms with Gasteiger partial charge in [0, 0.05) is 6.61 Å². The van der Waals surface area contributed by atoms with Crippen LogP contribution in [0.5, 0.6) is 0 Å². The Hall–Kier alpha value is -0.300. The van der Waals surface area contributed by atoms with E-state index in [2.05, 4.69) is 26.8 Å². The van der Waals surface area contributed by atoms with Crippen molar-refractivity contribution in [2.75, 3.05) is 6.61 Å². The molecule has 0 spiro atoms. The molecule has 1 aliphatic carbocycles. The maximum Gasteiger partial charge on any atom is 0.0431 e. The van der Waals surface area contributed by atoms with Gasteiger partial charge in [-0.15, -0.1) is 0 Å². The molecular weight excluding hydrogens is 160 g/mol. The first-order valence-corrected chi connectivity index (χ1v) is 5.39. The molecule has 13 heavy (non-hydrogen) atoms. The molecule has 0 saturated carbocycles. The Bertz CT molecular complexity index is 195. The third-order valence-corrected chi connectivity index (χ3v) is 3.89. The zero-order valence-electron chi connectivity index (χ0n) is 9.14.